The third-order valence-electron chi connectivity index (χ3n) is 5.09. The highest BCUT2D eigenvalue weighted by atomic mass is 32.1. The number of rotatable bonds is 6. The molecule has 4 aromatic heterocycles. The number of amides is 1. The zero-order chi connectivity index (χ0) is 23.7. The minimum absolute atomic E-state index is 0.182. The van der Waals surface area contributed by atoms with Crippen LogP contribution in [0.2, 0.25) is 0 Å². The number of alkyl halides is 3. The van der Waals surface area contributed by atoms with E-state index in [0.29, 0.717) is 23.3 Å². The second kappa shape index (κ2) is 8.75. The van der Waals surface area contributed by atoms with Crippen molar-refractivity contribution in [2.24, 2.45) is 0 Å². The number of carbonyl (C=O) groups is 1. The summed E-state index contributed by atoms with van der Waals surface area (Å²) in [5.41, 5.74) is 4.77. The van der Waals surface area contributed by atoms with E-state index < -0.39 is 18.6 Å². The highest BCUT2D eigenvalue weighted by Crippen LogP contribution is 2.29. The molecule has 172 valence electrons. The van der Waals surface area contributed by atoms with Crippen molar-refractivity contribution < 1.29 is 18.0 Å². The summed E-state index contributed by atoms with van der Waals surface area (Å²) in [5.74, 6) is -0.771. The highest BCUT2D eigenvalue weighted by molar-refractivity contribution is 7.12. The first-order chi connectivity index (χ1) is 16.4. The first-order valence-corrected chi connectivity index (χ1v) is 11.1. The van der Waals surface area contributed by atoms with Gasteiger partial charge < -0.3 is 5.32 Å². The van der Waals surface area contributed by atoms with Gasteiger partial charge in [-0.3, -0.25) is 9.48 Å². The molecule has 0 aliphatic carbocycles. The predicted molar refractivity (Wildman–Crippen MR) is 121 cm³/mol. The second-order valence-electron chi connectivity index (χ2n) is 7.58. The van der Waals surface area contributed by atoms with E-state index in [-0.39, 0.29) is 4.88 Å². The number of halogens is 3. The fourth-order valence-corrected chi connectivity index (χ4v) is 4.28. The van der Waals surface area contributed by atoms with E-state index in [4.69, 9.17) is 0 Å². The summed E-state index contributed by atoms with van der Waals surface area (Å²) in [4.78, 5) is 16.7. The summed E-state index contributed by atoms with van der Waals surface area (Å²) in [6.07, 6.45) is 4.40. The van der Waals surface area contributed by atoms with Crippen molar-refractivity contribution in [3.8, 4) is 22.3 Å². The van der Waals surface area contributed by atoms with Crippen LogP contribution in [0, 0.1) is 0 Å². The molecule has 7 nitrogen and oxygen atoms in total. The van der Waals surface area contributed by atoms with Gasteiger partial charge >= 0.3 is 6.18 Å². The lowest BCUT2D eigenvalue weighted by Crippen LogP contribution is -2.33. The molecular weight excluding hydrogens is 465 g/mol. The van der Waals surface area contributed by atoms with E-state index in [2.05, 4.69) is 15.2 Å². The topological polar surface area (TPSA) is 77.1 Å². The molecule has 5 rings (SSSR count). The second-order valence-corrected chi connectivity index (χ2v) is 8.49. The van der Waals surface area contributed by atoms with E-state index in [1.807, 2.05) is 52.7 Å². The minimum Gasteiger partial charge on any atom is -0.342 e. The van der Waals surface area contributed by atoms with Crippen LogP contribution in [-0.4, -0.2) is 43.0 Å². The molecule has 1 amide bonds. The quantitative estimate of drug-likeness (QED) is 0.382. The molecule has 0 aliphatic heterocycles. The largest absolute Gasteiger partial charge is 0.405 e. The molecule has 5 aromatic rings. The van der Waals surface area contributed by atoms with Crippen LogP contribution in [0.25, 0.3) is 27.9 Å². The molecule has 0 radical (unpaired) electrons. The number of hydrogen-bond acceptors (Lipinski definition) is 5. The number of benzene rings is 1. The number of fused-ring (bicyclic) bond motifs is 1. The van der Waals surface area contributed by atoms with Crippen molar-refractivity contribution in [1.82, 2.24) is 29.7 Å². The molecule has 4 heterocycles. The Morgan fingerprint density at radius 3 is 2.59 bits per heavy atom. The average Bonchev–Trinajstić information content (AvgIpc) is 3.56. The van der Waals surface area contributed by atoms with Crippen LogP contribution >= 0.6 is 11.3 Å². The van der Waals surface area contributed by atoms with E-state index >= 15 is 0 Å². The lowest BCUT2D eigenvalue weighted by molar-refractivity contribution is -0.123. The maximum Gasteiger partial charge on any atom is 0.405 e. The smallest absolute Gasteiger partial charge is 0.342 e. The van der Waals surface area contributed by atoms with Crippen molar-refractivity contribution in [2.45, 2.75) is 12.7 Å². The number of nitrogens with one attached hydrogen (secondary N) is 1. The summed E-state index contributed by atoms with van der Waals surface area (Å²) < 4.78 is 40.5. The van der Waals surface area contributed by atoms with Crippen LogP contribution in [0.4, 0.5) is 13.2 Å². The molecule has 0 unspecified atom stereocenters. The molecule has 0 spiro atoms. The number of aromatic nitrogens is 5. The predicted octanol–water partition coefficient (Wildman–Crippen LogP) is 4.66. The number of carbonyl (C=O) groups excluding carboxylic acids is 1. The maximum atomic E-state index is 12.4. The molecule has 0 atom stereocenters. The standard InChI is InChI=1S/C23H17F3N6OS/c24-23(25,26)14-28-22(33)20-6-16(13-34-20)19-9-30-32-12-17(7-27-21(19)32)18-8-29-31(11-18)10-15-4-2-1-3-5-15/h1-9,11-13H,10,14H2,(H,28,33). The Morgan fingerprint density at radius 1 is 1.00 bits per heavy atom. The van der Waals surface area contributed by atoms with Gasteiger partial charge in [0.1, 0.15) is 6.54 Å². The van der Waals surface area contributed by atoms with Gasteiger partial charge in [-0.15, -0.1) is 11.3 Å². The SMILES string of the molecule is O=C(NCC(F)(F)F)c1cc(-c2cnn3cc(-c4cnn(Cc5ccccc5)c4)cnc23)cs1. The fraction of sp³-hybridized carbons (Fsp3) is 0.130. The Kier molecular flexibility index (Phi) is 5.62. The third-order valence-corrected chi connectivity index (χ3v) is 6.02. The minimum atomic E-state index is -4.46. The lowest BCUT2D eigenvalue weighted by Gasteiger charge is -2.06. The zero-order valence-corrected chi connectivity index (χ0v) is 18.3. The Morgan fingerprint density at radius 2 is 1.79 bits per heavy atom. The Balaban J connectivity index is 1.35. The van der Waals surface area contributed by atoms with Gasteiger partial charge in [0.25, 0.3) is 5.91 Å². The maximum absolute atomic E-state index is 12.4. The van der Waals surface area contributed by atoms with Crippen molar-refractivity contribution >= 4 is 22.9 Å². The molecule has 34 heavy (non-hydrogen) atoms. The molecule has 0 aliphatic rings. The summed E-state index contributed by atoms with van der Waals surface area (Å²) >= 11 is 1.06. The molecule has 1 N–H and O–H groups in total. The van der Waals surface area contributed by atoms with Crippen LogP contribution in [0.1, 0.15) is 15.2 Å². The van der Waals surface area contributed by atoms with E-state index in [9.17, 15) is 18.0 Å². The third kappa shape index (κ3) is 4.69. The molecule has 0 saturated heterocycles. The zero-order valence-electron chi connectivity index (χ0n) is 17.5. The van der Waals surface area contributed by atoms with Crippen LogP contribution < -0.4 is 5.32 Å². The van der Waals surface area contributed by atoms with Gasteiger partial charge in [-0.2, -0.15) is 23.4 Å². The normalized spacial score (nSPS) is 11.7. The van der Waals surface area contributed by atoms with Crippen LogP contribution in [-0.2, 0) is 6.54 Å². The fourth-order valence-electron chi connectivity index (χ4n) is 3.46. The average molecular weight is 482 g/mol. The van der Waals surface area contributed by atoms with Crippen LogP contribution in [0.5, 0.6) is 0 Å². The van der Waals surface area contributed by atoms with Gasteiger partial charge in [0.05, 0.1) is 23.8 Å². The van der Waals surface area contributed by atoms with E-state index in [1.54, 1.807) is 28.5 Å². The Bertz CT molecular complexity index is 1450. The molecule has 0 bridgehead atoms. The highest BCUT2D eigenvalue weighted by Gasteiger charge is 2.28. The summed E-state index contributed by atoms with van der Waals surface area (Å²) in [6, 6.07) is 11.6. The Labute approximate surface area is 195 Å². The first-order valence-electron chi connectivity index (χ1n) is 10.2. The van der Waals surface area contributed by atoms with Crippen molar-refractivity contribution in [2.75, 3.05) is 6.54 Å². The monoisotopic (exact) mass is 482 g/mol. The van der Waals surface area contributed by atoms with Gasteiger partial charge in [-0.25, -0.2) is 9.50 Å². The molecular formula is C23H17F3N6OS. The summed E-state index contributed by atoms with van der Waals surface area (Å²) in [7, 11) is 0. The van der Waals surface area contributed by atoms with Gasteiger partial charge in [-0.1, -0.05) is 30.3 Å². The molecule has 0 saturated carbocycles. The summed E-state index contributed by atoms with van der Waals surface area (Å²) in [5, 5.41) is 12.4. The van der Waals surface area contributed by atoms with Crippen LogP contribution in [0.3, 0.4) is 0 Å². The van der Waals surface area contributed by atoms with Crippen molar-refractivity contribution in [3.63, 3.8) is 0 Å². The molecule has 11 heteroatoms. The first kappa shape index (κ1) is 21.8. The van der Waals surface area contributed by atoms with Crippen molar-refractivity contribution in [3.05, 3.63) is 83.2 Å². The van der Waals surface area contributed by atoms with E-state index in [0.717, 1.165) is 28.0 Å². The van der Waals surface area contributed by atoms with Gasteiger partial charge in [-0.05, 0) is 22.6 Å². The number of hydrogen-bond donors (Lipinski definition) is 1. The lowest BCUT2D eigenvalue weighted by atomic mass is 10.1. The van der Waals surface area contributed by atoms with Crippen LogP contribution in [0.15, 0.2) is 72.8 Å². The van der Waals surface area contributed by atoms with Gasteiger partial charge in [0, 0.05) is 35.3 Å². The van der Waals surface area contributed by atoms with Crippen molar-refractivity contribution in [1.29, 1.82) is 0 Å². The summed E-state index contributed by atoms with van der Waals surface area (Å²) in [6.45, 7) is -0.721. The molecule has 0 fully saturated rings. The number of thiophene rings is 1. The molecule has 1 aromatic carbocycles. The Hall–Kier alpha value is -3.99. The number of nitrogens with zero attached hydrogens (tertiary/aromatic N) is 5. The van der Waals surface area contributed by atoms with Gasteiger partial charge in [0.2, 0.25) is 0 Å². The van der Waals surface area contributed by atoms with E-state index in [1.165, 1.54) is 6.07 Å². The van der Waals surface area contributed by atoms with Gasteiger partial charge in [0.15, 0.2) is 5.65 Å².